The molecule has 204 valence electrons. The highest BCUT2D eigenvalue weighted by atomic mass is 16.5. The van der Waals surface area contributed by atoms with Gasteiger partial charge in [0.2, 0.25) is 0 Å². The molecule has 3 aromatic rings. The van der Waals surface area contributed by atoms with Crippen LogP contribution < -0.4 is 15.8 Å². The molecule has 3 N–H and O–H groups in total. The number of carbonyl (C=O) groups is 2. The Morgan fingerprint density at radius 3 is 2.59 bits per heavy atom. The lowest BCUT2D eigenvalue weighted by molar-refractivity contribution is -0.114. The number of hydrogen-bond donors (Lipinski definition) is 2. The summed E-state index contributed by atoms with van der Waals surface area (Å²) in [5, 5.41) is 2.98. The van der Waals surface area contributed by atoms with E-state index in [2.05, 4.69) is 26.1 Å². The molecule has 0 aliphatic carbocycles. The van der Waals surface area contributed by atoms with E-state index in [4.69, 9.17) is 15.5 Å². The second-order valence-electron chi connectivity index (χ2n) is 10.5. The Labute approximate surface area is 231 Å². The van der Waals surface area contributed by atoms with Gasteiger partial charge in [-0.1, -0.05) is 82.1 Å². The predicted molar refractivity (Wildman–Crippen MR) is 157 cm³/mol. The van der Waals surface area contributed by atoms with Gasteiger partial charge < -0.3 is 20.6 Å². The van der Waals surface area contributed by atoms with Crippen LogP contribution in [0.4, 0.5) is 0 Å². The summed E-state index contributed by atoms with van der Waals surface area (Å²) in [5.41, 5.74) is 9.28. The van der Waals surface area contributed by atoms with Crippen LogP contribution in [0.3, 0.4) is 0 Å². The minimum absolute atomic E-state index is 0.0954. The first-order valence-corrected chi connectivity index (χ1v) is 13.9. The summed E-state index contributed by atoms with van der Waals surface area (Å²) in [5.74, 6) is 1.34. The van der Waals surface area contributed by atoms with Crippen LogP contribution in [-0.4, -0.2) is 24.6 Å². The number of rotatable bonds is 11. The van der Waals surface area contributed by atoms with Crippen molar-refractivity contribution >= 4 is 18.0 Å². The molecule has 0 fully saturated rings. The zero-order chi connectivity index (χ0) is 27.8. The minimum atomic E-state index is -1.18. The number of aliphatic imine (C=N–C) groups is 1. The Morgan fingerprint density at radius 1 is 1.10 bits per heavy atom. The van der Waals surface area contributed by atoms with E-state index >= 15 is 0 Å². The van der Waals surface area contributed by atoms with Gasteiger partial charge in [-0.05, 0) is 53.3 Å². The van der Waals surface area contributed by atoms with Gasteiger partial charge in [0.15, 0.2) is 6.29 Å². The van der Waals surface area contributed by atoms with Gasteiger partial charge >= 0.3 is 0 Å². The number of carbonyl (C=O) groups excluding carboxylic acids is 2. The van der Waals surface area contributed by atoms with E-state index in [1.165, 1.54) is 0 Å². The van der Waals surface area contributed by atoms with Crippen molar-refractivity contribution in [1.82, 2.24) is 5.32 Å². The molecule has 1 unspecified atom stereocenters. The molecular weight excluding hydrogens is 486 g/mol. The fraction of sp³-hybridized carbons (Fsp3) is 0.364. The summed E-state index contributed by atoms with van der Waals surface area (Å²) in [7, 11) is 0. The number of aldehydes is 1. The molecule has 6 heteroatoms. The average molecular weight is 526 g/mol. The molecule has 3 aromatic carbocycles. The molecule has 1 amide bonds. The maximum Gasteiger partial charge on any atom is 0.251 e. The van der Waals surface area contributed by atoms with Crippen molar-refractivity contribution in [3.63, 3.8) is 0 Å². The van der Waals surface area contributed by atoms with E-state index in [1.807, 2.05) is 72.8 Å². The molecule has 0 radical (unpaired) electrons. The van der Waals surface area contributed by atoms with Crippen molar-refractivity contribution in [2.24, 2.45) is 16.6 Å². The summed E-state index contributed by atoms with van der Waals surface area (Å²) in [4.78, 5) is 30.5. The summed E-state index contributed by atoms with van der Waals surface area (Å²) in [6.45, 7) is 6.99. The topological polar surface area (TPSA) is 93.8 Å². The number of unbranched alkanes of at least 4 members (excludes halogenated alkanes) is 1. The summed E-state index contributed by atoms with van der Waals surface area (Å²) in [6.07, 6.45) is 4.47. The highest BCUT2D eigenvalue weighted by Crippen LogP contribution is 2.47. The zero-order valence-corrected chi connectivity index (χ0v) is 23.2. The molecule has 1 heterocycles. The molecule has 1 aliphatic rings. The standard InChI is InChI=1S/C33H39N3O3/c1-4-6-17-35-32(38)27-14-10-13-25(19-27)26-15-16-29-28(20-26)33(22-37,36-31(34)18-23(3)5-2)21-30(39-29)24-11-8-7-9-12-24/h7-16,19-20,22-23,30H,4-6,17-18,21H2,1-3H3,(H2,34,36)(H,35,38)/t23?,30-,33+/m0/s1. The Balaban J connectivity index is 1.76. The number of amides is 1. The monoisotopic (exact) mass is 525 g/mol. The van der Waals surface area contributed by atoms with E-state index in [0.717, 1.165) is 42.2 Å². The predicted octanol–water partition coefficient (Wildman–Crippen LogP) is 6.59. The van der Waals surface area contributed by atoms with Gasteiger partial charge in [0.05, 0.1) is 5.84 Å². The van der Waals surface area contributed by atoms with Crippen molar-refractivity contribution in [1.29, 1.82) is 0 Å². The quantitative estimate of drug-likeness (QED) is 0.128. The third-order valence-electron chi connectivity index (χ3n) is 7.45. The Bertz CT molecular complexity index is 1320. The van der Waals surface area contributed by atoms with Gasteiger partial charge in [-0.25, -0.2) is 0 Å². The van der Waals surface area contributed by atoms with Crippen LogP contribution in [0.15, 0.2) is 77.8 Å². The normalized spacial score (nSPS) is 19.5. The third kappa shape index (κ3) is 6.56. The highest BCUT2D eigenvalue weighted by molar-refractivity contribution is 5.95. The Morgan fingerprint density at radius 2 is 1.87 bits per heavy atom. The van der Waals surface area contributed by atoms with Crippen LogP contribution in [0.2, 0.25) is 0 Å². The van der Waals surface area contributed by atoms with Crippen molar-refractivity contribution in [2.75, 3.05) is 6.54 Å². The highest BCUT2D eigenvalue weighted by Gasteiger charge is 2.43. The lowest BCUT2D eigenvalue weighted by Gasteiger charge is -2.37. The number of fused-ring (bicyclic) bond motifs is 1. The van der Waals surface area contributed by atoms with Crippen LogP contribution in [0.25, 0.3) is 11.1 Å². The molecule has 0 saturated heterocycles. The van der Waals surface area contributed by atoms with Crippen LogP contribution in [0.5, 0.6) is 5.75 Å². The van der Waals surface area contributed by atoms with E-state index in [9.17, 15) is 9.59 Å². The second-order valence-corrected chi connectivity index (χ2v) is 10.5. The summed E-state index contributed by atoms with van der Waals surface area (Å²) in [6, 6.07) is 23.2. The van der Waals surface area contributed by atoms with Gasteiger partial charge in [-0.2, -0.15) is 0 Å². The number of nitrogens with zero attached hydrogens (tertiary/aromatic N) is 1. The summed E-state index contributed by atoms with van der Waals surface area (Å²) < 4.78 is 6.43. The average Bonchev–Trinajstić information content (AvgIpc) is 2.97. The number of benzene rings is 3. The van der Waals surface area contributed by atoms with Crippen molar-refractivity contribution in [2.45, 2.75) is 64.5 Å². The minimum Gasteiger partial charge on any atom is -0.485 e. The fourth-order valence-corrected chi connectivity index (χ4v) is 4.96. The van der Waals surface area contributed by atoms with Crippen LogP contribution >= 0.6 is 0 Å². The first-order valence-electron chi connectivity index (χ1n) is 13.9. The van der Waals surface area contributed by atoms with Crippen molar-refractivity contribution < 1.29 is 14.3 Å². The number of amidine groups is 1. The maximum atomic E-state index is 13.0. The summed E-state index contributed by atoms with van der Waals surface area (Å²) >= 11 is 0. The number of hydrogen-bond acceptors (Lipinski definition) is 4. The lowest BCUT2D eigenvalue weighted by atomic mass is 9.80. The van der Waals surface area contributed by atoms with Crippen LogP contribution in [0.1, 0.15) is 80.5 Å². The molecule has 0 aromatic heterocycles. The Kier molecular flexibility index (Phi) is 9.18. The zero-order valence-electron chi connectivity index (χ0n) is 23.2. The van der Waals surface area contributed by atoms with Crippen LogP contribution in [0, 0.1) is 5.92 Å². The van der Waals surface area contributed by atoms with E-state index in [0.29, 0.717) is 48.0 Å². The van der Waals surface area contributed by atoms with Crippen molar-refractivity contribution in [3.05, 3.63) is 89.5 Å². The van der Waals surface area contributed by atoms with Gasteiger partial charge in [-0.3, -0.25) is 9.79 Å². The van der Waals surface area contributed by atoms with Crippen molar-refractivity contribution in [3.8, 4) is 16.9 Å². The smallest absolute Gasteiger partial charge is 0.251 e. The molecular formula is C33H39N3O3. The lowest BCUT2D eigenvalue weighted by Crippen LogP contribution is -2.37. The largest absolute Gasteiger partial charge is 0.485 e. The molecule has 0 saturated carbocycles. The third-order valence-corrected chi connectivity index (χ3v) is 7.45. The molecule has 0 bridgehead atoms. The maximum absolute atomic E-state index is 13.0. The molecule has 0 spiro atoms. The van der Waals surface area contributed by atoms with Gasteiger partial charge in [0.25, 0.3) is 5.91 Å². The molecule has 1 aliphatic heterocycles. The number of ether oxygens (including phenoxy) is 1. The van der Waals surface area contributed by atoms with Gasteiger partial charge in [0, 0.05) is 30.5 Å². The molecule has 3 atom stereocenters. The second kappa shape index (κ2) is 12.7. The van der Waals surface area contributed by atoms with Gasteiger partial charge in [0.1, 0.15) is 17.4 Å². The molecule has 6 nitrogen and oxygen atoms in total. The number of nitrogens with one attached hydrogen (secondary N) is 1. The van der Waals surface area contributed by atoms with Gasteiger partial charge in [-0.15, -0.1) is 0 Å². The first-order chi connectivity index (χ1) is 18.9. The fourth-order valence-electron chi connectivity index (χ4n) is 4.96. The molecule has 4 rings (SSSR count). The van der Waals surface area contributed by atoms with E-state index < -0.39 is 5.54 Å². The van der Waals surface area contributed by atoms with E-state index in [1.54, 1.807) is 0 Å². The van der Waals surface area contributed by atoms with E-state index in [-0.39, 0.29) is 12.0 Å². The van der Waals surface area contributed by atoms with Crippen LogP contribution in [-0.2, 0) is 10.3 Å². The molecule has 39 heavy (non-hydrogen) atoms. The Hall–Kier alpha value is -3.93. The SMILES string of the molecule is CCCCNC(=O)c1cccc(-c2ccc3c(c2)[C@@](C=O)(N=C(N)CC(C)CC)C[C@@H](c2ccccc2)O3)c1. The number of nitrogens with two attached hydrogens (primary N) is 1. The first kappa shape index (κ1) is 28.1.